The smallest absolute Gasteiger partial charge is 0.219 e. The quantitative estimate of drug-likeness (QED) is 0.519. The number of carbonyl (C=O) groups excluding carboxylic acids is 1. The van der Waals surface area contributed by atoms with E-state index >= 15 is 0 Å². The first kappa shape index (κ1) is 18.4. The zero-order valence-corrected chi connectivity index (χ0v) is 12.6. The van der Waals surface area contributed by atoms with E-state index in [0.29, 0.717) is 51.9 Å². The monoisotopic (exact) mass is 275 g/mol. The van der Waals surface area contributed by atoms with Crippen LogP contribution in [-0.2, 0) is 19.0 Å². The van der Waals surface area contributed by atoms with Crippen molar-refractivity contribution in [3.63, 3.8) is 0 Å². The lowest BCUT2D eigenvalue weighted by atomic mass is 10.1. The van der Waals surface area contributed by atoms with Gasteiger partial charge in [-0.15, -0.1) is 0 Å². The second-order valence-electron chi connectivity index (χ2n) is 4.72. The summed E-state index contributed by atoms with van der Waals surface area (Å²) in [5.74, 6) is 0.737. The molecule has 0 atom stereocenters. The van der Waals surface area contributed by atoms with Crippen molar-refractivity contribution in [1.29, 1.82) is 0 Å². The molecule has 5 nitrogen and oxygen atoms in total. The molecule has 5 heteroatoms. The summed E-state index contributed by atoms with van der Waals surface area (Å²) in [5, 5.41) is 2.74. The highest BCUT2D eigenvalue weighted by molar-refractivity contribution is 5.75. The Bertz CT molecular complexity index is 210. The van der Waals surface area contributed by atoms with Crippen LogP contribution in [0.15, 0.2) is 0 Å². The fourth-order valence-electron chi connectivity index (χ4n) is 1.25. The molecule has 0 radical (unpaired) electrons. The highest BCUT2D eigenvalue weighted by Crippen LogP contribution is 1.98. The van der Waals surface area contributed by atoms with Crippen molar-refractivity contribution in [2.45, 2.75) is 33.6 Å². The minimum absolute atomic E-state index is 0.0541. The summed E-state index contributed by atoms with van der Waals surface area (Å²) in [4.78, 5) is 10.9. The van der Waals surface area contributed by atoms with E-state index in [0.717, 1.165) is 13.0 Å². The van der Waals surface area contributed by atoms with Gasteiger partial charge in [0.15, 0.2) is 0 Å². The Kier molecular flexibility index (Phi) is 13.3. The zero-order chi connectivity index (χ0) is 14.3. The fraction of sp³-hybridized carbons (Fsp3) is 0.929. The Morgan fingerprint density at radius 3 is 2.00 bits per heavy atom. The van der Waals surface area contributed by atoms with E-state index in [2.05, 4.69) is 19.2 Å². The summed E-state index contributed by atoms with van der Waals surface area (Å²) in [5.41, 5.74) is 0. The standard InChI is InChI=1S/C14H29NO4/c1-4-14(16)15-6-8-18-10-12-19-11-9-17-7-5-13(2)3/h13H,4-12H2,1-3H3,(H,15,16). The first-order chi connectivity index (χ1) is 9.16. The molecule has 1 N–H and O–H groups in total. The molecule has 19 heavy (non-hydrogen) atoms. The topological polar surface area (TPSA) is 56.8 Å². The molecule has 0 saturated carbocycles. The molecule has 0 saturated heterocycles. The molecule has 114 valence electrons. The van der Waals surface area contributed by atoms with Crippen molar-refractivity contribution in [2.75, 3.05) is 46.2 Å². The number of ether oxygens (including phenoxy) is 3. The molecule has 0 heterocycles. The van der Waals surface area contributed by atoms with Crippen LogP contribution in [0.1, 0.15) is 33.6 Å². The molecule has 0 unspecified atom stereocenters. The van der Waals surface area contributed by atoms with E-state index < -0.39 is 0 Å². The molecule has 1 amide bonds. The van der Waals surface area contributed by atoms with Gasteiger partial charge in [0.1, 0.15) is 0 Å². The third-order valence-electron chi connectivity index (χ3n) is 2.47. The molecule has 0 aromatic carbocycles. The Labute approximate surface area is 117 Å². The van der Waals surface area contributed by atoms with Crippen molar-refractivity contribution < 1.29 is 19.0 Å². The summed E-state index contributed by atoms with van der Waals surface area (Å²) < 4.78 is 16.1. The molecule has 0 aromatic heterocycles. The van der Waals surface area contributed by atoms with Gasteiger partial charge in [0.05, 0.1) is 33.0 Å². The van der Waals surface area contributed by atoms with Gasteiger partial charge >= 0.3 is 0 Å². The number of nitrogens with one attached hydrogen (secondary N) is 1. The maximum atomic E-state index is 10.9. The van der Waals surface area contributed by atoms with E-state index in [1.165, 1.54) is 0 Å². The Morgan fingerprint density at radius 1 is 0.947 bits per heavy atom. The van der Waals surface area contributed by atoms with E-state index in [1.807, 2.05) is 6.92 Å². The van der Waals surface area contributed by atoms with Crippen LogP contribution in [0.3, 0.4) is 0 Å². The van der Waals surface area contributed by atoms with E-state index in [9.17, 15) is 4.79 Å². The molecule has 0 spiro atoms. The Hall–Kier alpha value is -0.650. The lowest BCUT2D eigenvalue weighted by Gasteiger charge is -2.08. The maximum Gasteiger partial charge on any atom is 0.219 e. The maximum absolute atomic E-state index is 10.9. The lowest BCUT2D eigenvalue weighted by Crippen LogP contribution is -2.26. The average Bonchev–Trinajstić information content (AvgIpc) is 2.39. The third-order valence-corrected chi connectivity index (χ3v) is 2.47. The summed E-state index contributed by atoms with van der Waals surface area (Å²) in [6.07, 6.45) is 1.60. The summed E-state index contributed by atoms with van der Waals surface area (Å²) in [7, 11) is 0. The molecular formula is C14H29NO4. The van der Waals surface area contributed by atoms with Crippen LogP contribution in [0.25, 0.3) is 0 Å². The SMILES string of the molecule is CCC(=O)NCCOCCOCCOCCC(C)C. The molecular weight excluding hydrogens is 246 g/mol. The third kappa shape index (κ3) is 15.3. The van der Waals surface area contributed by atoms with Gasteiger partial charge in [0, 0.05) is 19.6 Å². The predicted octanol–water partition coefficient (Wildman–Crippen LogP) is 1.61. The van der Waals surface area contributed by atoms with Crippen LogP contribution in [0.2, 0.25) is 0 Å². The van der Waals surface area contributed by atoms with Gasteiger partial charge in [-0.1, -0.05) is 20.8 Å². The molecule has 0 rings (SSSR count). The Balaban J connectivity index is 3.01. The normalized spacial score (nSPS) is 10.9. The highest BCUT2D eigenvalue weighted by atomic mass is 16.5. The van der Waals surface area contributed by atoms with Gasteiger partial charge in [0.25, 0.3) is 0 Å². The molecule has 0 aliphatic carbocycles. The number of hydrogen-bond donors (Lipinski definition) is 1. The molecule has 0 bridgehead atoms. The molecule has 0 aliphatic heterocycles. The number of amides is 1. The van der Waals surface area contributed by atoms with Crippen molar-refractivity contribution in [1.82, 2.24) is 5.32 Å². The highest BCUT2D eigenvalue weighted by Gasteiger charge is 1.96. The van der Waals surface area contributed by atoms with Crippen molar-refractivity contribution >= 4 is 5.91 Å². The molecule has 0 aromatic rings. The summed E-state index contributed by atoms with van der Waals surface area (Å²) >= 11 is 0. The van der Waals surface area contributed by atoms with E-state index in [4.69, 9.17) is 14.2 Å². The largest absolute Gasteiger partial charge is 0.379 e. The van der Waals surface area contributed by atoms with Crippen LogP contribution >= 0.6 is 0 Å². The van der Waals surface area contributed by atoms with Crippen molar-refractivity contribution in [3.05, 3.63) is 0 Å². The lowest BCUT2D eigenvalue weighted by molar-refractivity contribution is -0.121. The first-order valence-corrected chi connectivity index (χ1v) is 7.16. The Morgan fingerprint density at radius 2 is 1.47 bits per heavy atom. The van der Waals surface area contributed by atoms with Gasteiger partial charge in [-0.3, -0.25) is 4.79 Å². The van der Waals surface area contributed by atoms with Crippen LogP contribution < -0.4 is 5.32 Å². The number of carbonyl (C=O) groups is 1. The van der Waals surface area contributed by atoms with Gasteiger partial charge in [-0.25, -0.2) is 0 Å². The van der Waals surface area contributed by atoms with Gasteiger partial charge in [0.2, 0.25) is 5.91 Å². The minimum atomic E-state index is 0.0541. The van der Waals surface area contributed by atoms with Crippen LogP contribution in [-0.4, -0.2) is 52.1 Å². The van der Waals surface area contributed by atoms with Crippen LogP contribution in [0.4, 0.5) is 0 Å². The van der Waals surface area contributed by atoms with Crippen molar-refractivity contribution in [3.8, 4) is 0 Å². The number of rotatable bonds is 13. The predicted molar refractivity (Wildman–Crippen MR) is 75.2 cm³/mol. The second kappa shape index (κ2) is 13.8. The molecule has 0 fully saturated rings. The van der Waals surface area contributed by atoms with E-state index in [1.54, 1.807) is 0 Å². The summed E-state index contributed by atoms with van der Waals surface area (Å²) in [6, 6.07) is 0. The van der Waals surface area contributed by atoms with Gasteiger partial charge < -0.3 is 19.5 Å². The zero-order valence-electron chi connectivity index (χ0n) is 12.6. The summed E-state index contributed by atoms with van der Waals surface area (Å²) in [6.45, 7) is 10.4. The first-order valence-electron chi connectivity index (χ1n) is 7.16. The number of hydrogen-bond acceptors (Lipinski definition) is 4. The van der Waals surface area contributed by atoms with Crippen LogP contribution in [0, 0.1) is 5.92 Å². The minimum Gasteiger partial charge on any atom is -0.379 e. The van der Waals surface area contributed by atoms with Crippen molar-refractivity contribution in [2.24, 2.45) is 5.92 Å². The van der Waals surface area contributed by atoms with Gasteiger partial charge in [-0.05, 0) is 12.3 Å². The van der Waals surface area contributed by atoms with Gasteiger partial charge in [-0.2, -0.15) is 0 Å². The fourth-order valence-corrected chi connectivity index (χ4v) is 1.25. The second-order valence-corrected chi connectivity index (χ2v) is 4.72. The van der Waals surface area contributed by atoms with E-state index in [-0.39, 0.29) is 5.91 Å². The molecule has 0 aliphatic rings. The van der Waals surface area contributed by atoms with Crippen LogP contribution in [0.5, 0.6) is 0 Å². The average molecular weight is 275 g/mol.